The van der Waals surface area contributed by atoms with Crippen LogP contribution in [-0.2, 0) is 0 Å². The number of anilines is 1. The predicted molar refractivity (Wildman–Crippen MR) is 77.0 cm³/mol. The van der Waals surface area contributed by atoms with Gasteiger partial charge in [0, 0.05) is 17.8 Å². The van der Waals surface area contributed by atoms with E-state index in [2.05, 4.69) is 54.5 Å². The van der Waals surface area contributed by atoms with Gasteiger partial charge in [-0.2, -0.15) is 5.26 Å². The number of hydrogen-bond acceptors (Lipinski definition) is 3. The summed E-state index contributed by atoms with van der Waals surface area (Å²) in [7, 11) is 2.20. The summed E-state index contributed by atoms with van der Waals surface area (Å²) in [6, 6.07) is 12.0. The molecule has 2 atom stereocenters. The molecule has 0 amide bonds. The van der Waals surface area contributed by atoms with E-state index < -0.39 is 0 Å². The van der Waals surface area contributed by atoms with Crippen LogP contribution in [-0.4, -0.2) is 29.6 Å². The van der Waals surface area contributed by atoms with Gasteiger partial charge in [0.15, 0.2) is 0 Å². The van der Waals surface area contributed by atoms with Gasteiger partial charge < -0.3 is 10.2 Å². The molecule has 0 spiro atoms. The Morgan fingerprint density at radius 2 is 1.79 bits per heavy atom. The molecule has 2 aliphatic rings. The third-order valence-corrected chi connectivity index (χ3v) is 4.80. The molecule has 2 bridgehead atoms. The van der Waals surface area contributed by atoms with Gasteiger partial charge in [-0.25, -0.2) is 0 Å². The number of nitriles is 1. The van der Waals surface area contributed by atoms with E-state index in [1.165, 1.54) is 18.4 Å². The lowest BCUT2D eigenvalue weighted by Gasteiger charge is -2.42. The van der Waals surface area contributed by atoms with E-state index in [9.17, 15) is 5.26 Å². The van der Waals surface area contributed by atoms with Crippen LogP contribution >= 0.6 is 0 Å². The van der Waals surface area contributed by atoms with Gasteiger partial charge >= 0.3 is 0 Å². The molecule has 100 valence electrons. The molecule has 0 saturated carbocycles. The number of aryl methyl sites for hydroxylation is 1. The van der Waals surface area contributed by atoms with Crippen LogP contribution in [0, 0.1) is 18.3 Å². The van der Waals surface area contributed by atoms with E-state index in [1.807, 2.05) is 0 Å². The quantitative estimate of drug-likeness (QED) is 0.883. The van der Waals surface area contributed by atoms with Crippen LogP contribution in [0.1, 0.15) is 31.2 Å². The molecule has 1 aromatic rings. The van der Waals surface area contributed by atoms with Gasteiger partial charge in [0.1, 0.15) is 5.54 Å². The van der Waals surface area contributed by atoms with Crippen molar-refractivity contribution in [1.29, 1.82) is 5.26 Å². The summed E-state index contributed by atoms with van der Waals surface area (Å²) in [6.45, 7) is 2.08. The van der Waals surface area contributed by atoms with E-state index in [4.69, 9.17) is 0 Å². The maximum Gasteiger partial charge on any atom is 0.128 e. The molecule has 1 N–H and O–H groups in total. The fourth-order valence-electron chi connectivity index (χ4n) is 3.60. The molecule has 0 radical (unpaired) electrons. The molecule has 2 saturated heterocycles. The lowest BCUT2D eigenvalue weighted by Crippen LogP contribution is -2.52. The minimum absolute atomic E-state index is 0.381. The molecular formula is C16H21N3. The highest BCUT2D eigenvalue weighted by atomic mass is 15.2. The van der Waals surface area contributed by atoms with Crippen LogP contribution in [0.3, 0.4) is 0 Å². The molecule has 2 aliphatic heterocycles. The average Bonchev–Trinajstić information content (AvgIpc) is 2.65. The fraction of sp³-hybridized carbons (Fsp3) is 0.562. The van der Waals surface area contributed by atoms with Crippen molar-refractivity contribution in [3.8, 4) is 6.07 Å². The highest BCUT2D eigenvalue weighted by Gasteiger charge is 2.47. The topological polar surface area (TPSA) is 39.1 Å². The van der Waals surface area contributed by atoms with Crippen molar-refractivity contribution in [3.05, 3.63) is 29.8 Å². The van der Waals surface area contributed by atoms with Gasteiger partial charge in [-0.05, 0) is 51.8 Å². The first kappa shape index (κ1) is 12.5. The fourth-order valence-corrected chi connectivity index (χ4v) is 3.60. The van der Waals surface area contributed by atoms with E-state index in [1.54, 1.807) is 0 Å². The van der Waals surface area contributed by atoms with E-state index in [0.717, 1.165) is 18.5 Å². The van der Waals surface area contributed by atoms with Crippen LogP contribution in [0.5, 0.6) is 0 Å². The monoisotopic (exact) mass is 255 g/mol. The van der Waals surface area contributed by atoms with Crippen molar-refractivity contribution in [2.75, 3.05) is 12.4 Å². The summed E-state index contributed by atoms with van der Waals surface area (Å²) in [5.74, 6) is 0. The second-order valence-corrected chi connectivity index (χ2v) is 6.14. The third-order valence-electron chi connectivity index (χ3n) is 4.80. The molecule has 3 nitrogen and oxygen atoms in total. The number of nitrogens with zero attached hydrogens (tertiary/aromatic N) is 2. The van der Waals surface area contributed by atoms with E-state index >= 15 is 0 Å². The molecule has 2 heterocycles. The molecule has 3 heteroatoms. The molecule has 2 unspecified atom stereocenters. The first-order chi connectivity index (χ1) is 9.12. The lowest BCUT2D eigenvalue weighted by molar-refractivity contribution is 0.146. The predicted octanol–water partition coefficient (Wildman–Crippen LogP) is 2.93. The zero-order valence-corrected chi connectivity index (χ0v) is 11.7. The Balaban J connectivity index is 1.81. The Bertz CT molecular complexity index is 486. The molecular weight excluding hydrogens is 234 g/mol. The summed E-state index contributed by atoms with van der Waals surface area (Å²) >= 11 is 0. The summed E-state index contributed by atoms with van der Waals surface area (Å²) in [4.78, 5) is 2.46. The van der Waals surface area contributed by atoms with Gasteiger partial charge in [-0.3, -0.25) is 0 Å². The van der Waals surface area contributed by atoms with Gasteiger partial charge in [0.05, 0.1) is 6.07 Å². The Hall–Kier alpha value is -1.53. The summed E-state index contributed by atoms with van der Waals surface area (Å²) in [6.07, 6.45) is 4.34. The lowest BCUT2D eigenvalue weighted by atomic mass is 9.84. The number of hydrogen-bond donors (Lipinski definition) is 1. The van der Waals surface area contributed by atoms with Gasteiger partial charge in [-0.1, -0.05) is 17.7 Å². The maximum atomic E-state index is 9.68. The van der Waals surface area contributed by atoms with Crippen LogP contribution in [0.2, 0.25) is 0 Å². The molecule has 19 heavy (non-hydrogen) atoms. The number of rotatable bonds is 2. The number of fused-ring (bicyclic) bond motifs is 2. The summed E-state index contributed by atoms with van der Waals surface area (Å²) < 4.78 is 0. The van der Waals surface area contributed by atoms with Crippen LogP contribution < -0.4 is 5.32 Å². The first-order valence-electron chi connectivity index (χ1n) is 7.10. The number of piperidine rings is 1. The van der Waals surface area contributed by atoms with Crippen molar-refractivity contribution in [1.82, 2.24) is 4.90 Å². The second kappa shape index (κ2) is 4.54. The van der Waals surface area contributed by atoms with Crippen molar-refractivity contribution in [3.63, 3.8) is 0 Å². The number of nitrogens with one attached hydrogen (secondary N) is 1. The Kier molecular flexibility index (Phi) is 2.99. The maximum absolute atomic E-state index is 9.68. The molecule has 0 aliphatic carbocycles. The largest absolute Gasteiger partial charge is 0.367 e. The first-order valence-corrected chi connectivity index (χ1v) is 7.10. The molecule has 0 aromatic heterocycles. The minimum atomic E-state index is -0.381. The Morgan fingerprint density at radius 3 is 2.32 bits per heavy atom. The third kappa shape index (κ3) is 2.21. The Morgan fingerprint density at radius 1 is 1.21 bits per heavy atom. The van der Waals surface area contributed by atoms with Crippen molar-refractivity contribution < 1.29 is 0 Å². The summed E-state index contributed by atoms with van der Waals surface area (Å²) in [5, 5.41) is 13.2. The summed E-state index contributed by atoms with van der Waals surface area (Å²) in [5.41, 5.74) is 1.93. The zero-order chi connectivity index (χ0) is 13.5. The normalized spacial score (nSPS) is 33.9. The van der Waals surface area contributed by atoms with E-state index in [-0.39, 0.29) is 5.54 Å². The van der Waals surface area contributed by atoms with Gasteiger partial charge in [0.25, 0.3) is 0 Å². The molecule has 2 fully saturated rings. The zero-order valence-electron chi connectivity index (χ0n) is 11.7. The van der Waals surface area contributed by atoms with Gasteiger partial charge in [0.2, 0.25) is 0 Å². The van der Waals surface area contributed by atoms with Crippen molar-refractivity contribution in [2.45, 2.75) is 50.2 Å². The molecule has 3 rings (SSSR count). The second-order valence-electron chi connectivity index (χ2n) is 6.14. The smallest absolute Gasteiger partial charge is 0.128 e. The minimum Gasteiger partial charge on any atom is -0.367 e. The van der Waals surface area contributed by atoms with E-state index in [0.29, 0.717) is 12.1 Å². The van der Waals surface area contributed by atoms with Crippen molar-refractivity contribution >= 4 is 5.69 Å². The highest BCUT2D eigenvalue weighted by molar-refractivity contribution is 5.49. The standard InChI is InChI=1S/C16H21N3/c1-12-3-5-13(6-4-12)18-16(11-17)9-14-7-8-15(10-16)19(14)2/h3-6,14-15,18H,7-10H2,1-2H3. The average molecular weight is 255 g/mol. The number of benzene rings is 1. The van der Waals surface area contributed by atoms with Crippen LogP contribution in [0.15, 0.2) is 24.3 Å². The Labute approximate surface area is 115 Å². The highest BCUT2D eigenvalue weighted by Crippen LogP contribution is 2.41. The van der Waals surface area contributed by atoms with Crippen molar-refractivity contribution in [2.24, 2.45) is 0 Å². The van der Waals surface area contributed by atoms with Crippen LogP contribution in [0.25, 0.3) is 0 Å². The SMILES string of the molecule is Cc1ccc(NC2(C#N)CC3CCC(C2)N3C)cc1. The van der Waals surface area contributed by atoms with Gasteiger partial charge in [-0.15, -0.1) is 0 Å². The molecule has 1 aromatic carbocycles. The van der Waals surface area contributed by atoms with Crippen LogP contribution in [0.4, 0.5) is 5.69 Å².